The van der Waals surface area contributed by atoms with Crippen LogP contribution in [-0.4, -0.2) is 13.1 Å². The molecule has 0 spiro atoms. The monoisotopic (exact) mass is 191 g/mol. The molecule has 0 unspecified atom stereocenters. The van der Waals surface area contributed by atoms with Crippen molar-refractivity contribution in [2.24, 2.45) is 0 Å². The maximum atomic E-state index is 5.77. The van der Waals surface area contributed by atoms with Gasteiger partial charge < -0.3 is 16.4 Å². The molecular weight excluding hydrogens is 174 g/mol. The largest absolute Gasteiger partial charge is 0.397 e. The standard InChI is InChI=1S/C11H17N3/c1-14(8-3-2-4-8)9-5-6-10(12)11(13)7-9/h5-8H,2-4,12-13H2,1H3. The molecule has 14 heavy (non-hydrogen) atoms. The summed E-state index contributed by atoms with van der Waals surface area (Å²) in [5.41, 5.74) is 13.9. The van der Waals surface area contributed by atoms with Gasteiger partial charge in [0.05, 0.1) is 11.4 Å². The fraction of sp³-hybridized carbons (Fsp3) is 0.455. The summed E-state index contributed by atoms with van der Waals surface area (Å²) >= 11 is 0. The molecule has 0 atom stereocenters. The molecule has 3 nitrogen and oxygen atoms in total. The van der Waals surface area contributed by atoms with Gasteiger partial charge in [-0.25, -0.2) is 0 Å². The Bertz CT molecular complexity index is 331. The zero-order valence-corrected chi connectivity index (χ0v) is 8.53. The quantitative estimate of drug-likeness (QED) is 0.701. The number of anilines is 3. The van der Waals surface area contributed by atoms with E-state index >= 15 is 0 Å². The van der Waals surface area contributed by atoms with E-state index in [0.717, 1.165) is 0 Å². The summed E-state index contributed by atoms with van der Waals surface area (Å²) in [5.74, 6) is 0. The molecule has 2 rings (SSSR count). The number of nitrogens with two attached hydrogens (primary N) is 2. The zero-order chi connectivity index (χ0) is 10.1. The summed E-state index contributed by atoms with van der Waals surface area (Å²) < 4.78 is 0. The molecule has 0 bridgehead atoms. The Morgan fingerprint density at radius 2 is 1.93 bits per heavy atom. The van der Waals surface area contributed by atoms with Gasteiger partial charge in [-0.15, -0.1) is 0 Å². The van der Waals surface area contributed by atoms with Crippen molar-refractivity contribution in [3.8, 4) is 0 Å². The fourth-order valence-corrected chi connectivity index (χ4v) is 1.77. The number of nitrogens with zero attached hydrogens (tertiary/aromatic N) is 1. The second kappa shape index (κ2) is 3.40. The van der Waals surface area contributed by atoms with Crippen molar-refractivity contribution in [1.82, 2.24) is 0 Å². The predicted octanol–water partition coefficient (Wildman–Crippen LogP) is 1.84. The van der Waals surface area contributed by atoms with E-state index in [1.807, 2.05) is 18.2 Å². The molecule has 1 aliphatic carbocycles. The first-order chi connectivity index (χ1) is 6.68. The van der Waals surface area contributed by atoms with Crippen LogP contribution in [0.2, 0.25) is 0 Å². The lowest BCUT2D eigenvalue weighted by atomic mass is 9.91. The first-order valence-corrected chi connectivity index (χ1v) is 5.06. The SMILES string of the molecule is CN(c1ccc(N)c(N)c1)C1CCC1. The lowest BCUT2D eigenvalue weighted by Gasteiger charge is -2.36. The van der Waals surface area contributed by atoms with Crippen LogP contribution in [0.5, 0.6) is 0 Å². The van der Waals surface area contributed by atoms with E-state index in [1.165, 1.54) is 24.9 Å². The van der Waals surface area contributed by atoms with Gasteiger partial charge in [-0.1, -0.05) is 0 Å². The maximum Gasteiger partial charge on any atom is 0.0568 e. The van der Waals surface area contributed by atoms with E-state index in [-0.39, 0.29) is 0 Å². The smallest absolute Gasteiger partial charge is 0.0568 e. The summed E-state index contributed by atoms with van der Waals surface area (Å²) in [6.07, 6.45) is 3.93. The highest BCUT2D eigenvalue weighted by Crippen LogP contribution is 2.30. The molecule has 76 valence electrons. The summed E-state index contributed by atoms with van der Waals surface area (Å²) in [6.45, 7) is 0. The highest BCUT2D eigenvalue weighted by Gasteiger charge is 2.22. The third-order valence-electron chi connectivity index (χ3n) is 3.10. The molecule has 4 N–H and O–H groups in total. The summed E-state index contributed by atoms with van der Waals surface area (Å²) in [5, 5.41) is 0. The van der Waals surface area contributed by atoms with Gasteiger partial charge in [-0.05, 0) is 37.5 Å². The Balaban J connectivity index is 2.18. The van der Waals surface area contributed by atoms with E-state index in [2.05, 4.69) is 11.9 Å². The van der Waals surface area contributed by atoms with Crippen LogP contribution in [-0.2, 0) is 0 Å². The molecule has 0 heterocycles. The molecule has 3 heteroatoms. The molecule has 0 radical (unpaired) electrons. The predicted molar refractivity (Wildman–Crippen MR) is 61.3 cm³/mol. The third kappa shape index (κ3) is 1.50. The van der Waals surface area contributed by atoms with E-state index in [0.29, 0.717) is 17.4 Å². The fourth-order valence-electron chi connectivity index (χ4n) is 1.77. The first-order valence-electron chi connectivity index (χ1n) is 5.06. The van der Waals surface area contributed by atoms with Crippen molar-refractivity contribution < 1.29 is 0 Å². The average molecular weight is 191 g/mol. The van der Waals surface area contributed by atoms with Gasteiger partial charge in [0.1, 0.15) is 0 Å². The average Bonchev–Trinajstić information content (AvgIpc) is 2.06. The maximum absolute atomic E-state index is 5.77. The van der Waals surface area contributed by atoms with Gasteiger partial charge in [0, 0.05) is 18.8 Å². The lowest BCUT2D eigenvalue weighted by Crippen LogP contribution is -2.37. The van der Waals surface area contributed by atoms with Gasteiger partial charge >= 0.3 is 0 Å². The van der Waals surface area contributed by atoms with Crippen LogP contribution in [0.3, 0.4) is 0 Å². The van der Waals surface area contributed by atoms with Crippen LogP contribution in [0.25, 0.3) is 0 Å². The first kappa shape index (κ1) is 9.19. The highest BCUT2D eigenvalue weighted by atomic mass is 15.1. The number of hydrogen-bond acceptors (Lipinski definition) is 3. The van der Waals surface area contributed by atoms with E-state index in [9.17, 15) is 0 Å². The number of nitrogen functional groups attached to an aromatic ring is 2. The van der Waals surface area contributed by atoms with Crippen molar-refractivity contribution in [3.05, 3.63) is 18.2 Å². The van der Waals surface area contributed by atoms with Crippen molar-refractivity contribution in [2.45, 2.75) is 25.3 Å². The second-order valence-electron chi connectivity index (χ2n) is 4.01. The number of benzene rings is 1. The minimum Gasteiger partial charge on any atom is -0.397 e. The van der Waals surface area contributed by atoms with Crippen molar-refractivity contribution in [1.29, 1.82) is 0 Å². The van der Waals surface area contributed by atoms with Gasteiger partial charge in [-0.3, -0.25) is 0 Å². The minimum absolute atomic E-state index is 0.663. The summed E-state index contributed by atoms with van der Waals surface area (Å²) in [6, 6.07) is 6.55. The Hall–Kier alpha value is -1.38. The van der Waals surface area contributed by atoms with Crippen LogP contribution in [0, 0.1) is 0 Å². The Morgan fingerprint density at radius 3 is 2.43 bits per heavy atom. The number of hydrogen-bond donors (Lipinski definition) is 2. The Morgan fingerprint density at radius 1 is 1.21 bits per heavy atom. The van der Waals surface area contributed by atoms with E-state index in [1.54, 1.807) is 0 Å². The molecule has 0 saturated heterocycles. The summed E-state index contributed by atoms with van der Waals surface area (Å²) in [4.78, 5) is 2.29. The number of rotatable bonds is 2. The Kier molecular flexibility index (Phi) is 2.23. The van der Waals surface area contributed by atoms with Crippen LogP contribution < -0.4 is 16.4 Å². The van der Waals surface area contributed by atoms with E-state index < -0.39 is 0 Å². The third-order valence-corrected chi connectivity index (χ3v) is 3.10. The van der Waals surface area contributed by atoms with Crippen molar-refractivity contribution >= 4 is 17.1 Å². The van der Waals surface area contributed by atoms with Crippen LogP contribution in [0.1, 0.15) is 19.3 Å². The Labute approximate surface area is 84.7 Å². The van der Waals surface area contributed by atoms with Crippen LogP contribution >= 0.6 is 0 Å². The molecule has 1 aromatic rings. The molecule has 1 aliphatic rings. The van der Waals surface area contributed by atoms with Gasteiger partial charge in [0.15, 0.2) is 0 Å². The normalized spacial score (nSPS) is 16.4. The molecule has 0 aromatic heterocycles. The van der Waals surface area contributed by atoms with Gasteiger partial charge in [-0.2, -0.15) is 0 Å². The minimum atomic E-state index is 0.663. The molecule has 1 aromatic carbocycles. The molecule has 1 saturated carbocycles. The van der Waals surface area contributed by atoms with Gasteiger partial charge in [0.25, 0.3) is 0 Å². The summed E-state index contributed by atoms with van der Waals surface area (Å²) in [7, 11) is 2.12. The molecule has 0 amide bonds. The zero-order valence-electron chi connectivity index (χ0n) is 8.53. The molecular formula is C11H17N3. The van der Waals surface area contributed by atoms with Crippen molar-refractivity contribution in [3.63, 3.8) is 0 Å². The van der Waals surface area contributed by atoms with Crippen LogP contribution in [0.15, 0.2) is 18.2 Å². The van der Waals surface area contributed by atoms with Crippen molar-refractivity contribution in [2.75, 3.05) is 23.4 Å². The highest BCUT2D eigenvalue weighted by molar-refractivity contribution is 5.69. The molecule has 0 aliphatic heterocycles. The lowest BCUT2D eigenvalue weighted by molar-refractivity contribution is 0.401. The second-order valence-corrected chi connectivity index (χ2v) is 4.01. The van der Waals surface area contributed by atoms with Crippen LogP contribution in [0.4, 0.5) is 17.1 Å². The van der Waals surface area contributed by atoms with Gasteiger partial charge in [0.2, 0.25) is 0 Å². The molecule has 1 fully saturated rings. The van der Waals surface area contributed by atoms with E-state index in [4.69, 9.17) is 11.5 Å². The topological polar surface area (TPSA) is 55.3 Å².